The van der Waals surface area contributed by atoms with Gasteiger partial charge in [0.25, 0.3) is 0 Å². The van der Waals surface area contributed by atoms with E-state index >= 15 is 0 Å². The molecule has 0 saturated heterocycles. The van der Waals surface area contributed by atoms with E-state index in [2.05, 4.69) is 10.6 Å². The van der Waals surface area contributed by atoms with Crippen LogP contribution in [0.1, 0.15) is 17.2 Å². The van der Waals surface area contributed by atoms with Gasteiger partial charge in [-0.1, -0.05) is 23.7 Å². The standard InChI is InChI=1S/C19H21ClFN3O2S/c1-24(2)15(18-13(20)4-3-5-14(18)21)10-23-19(27)22-9-12-6-7-16-17(8-12)26-11-25-16/h3-8,15H,9-11H2,1-2H3,(H2,22,23,27)/p+1/t15-/m0/s1. The van der Waals surface area contributed by atoms with E-state index in [0.717, 1.165) is 22.0 Å². The summed E-state index contributed by atoms with van der Waals surface area (Å²) in [7, 11) is 3.91. The van der Waals surface area contributed by atoms with Crippen molar-refractivity contribution in [2.45, 2.75) is 12.6 Å². The van der Waals surface area contributed by atoms with E-state index in [4.69, 9.17) is 33.3 Å². The fraction of sp³-hybridized carbons (Fsp3) is 0.316. The minimum atomic E-state index is -0.310. The first-order valence-corrected chi connectivity index (χ1v) is 9.38. The van der Waals surface area contributed by atoms with E-state index in [0.29, 0.717) is 28.8 Å². The van der Waals surface area contributed by atoms with Crippen molar-refractivity contribution in [2.75, 3.05) is 27.4 Å². The minimum absolute atomic E-state index is 0.177. The van der Waals surface area contributed by atoms with Crippen molar-refractivity contribution in [3.8, 4) is 11.5 Å². The third kappa shape index (κ3) is 4.80. The summed E-state index contributed by atoms with van der Waals surface area (Å²) in [6.45, 7) is 1.25. The molecule has 0 amide bonds. The van der Waals surface area contributed by atoms with E-state index in [1.165, 1.54) is 6.07 Å². The van der Waals surface area contributed by atoms with Crippen molar-refractivity contribution in [1.29, 1.82) is 0 Å². The molecule has 0 bridgehead atoms. The number of likely N-dealkylation sites (N-methyl/N-ethyl adjacent to an activating group) is 1. The zero-order valence-corrected chi connectivity index (χ0v) is 16.7. The average Bonchev–Trinajstić information content (AvgIpc) is 3.09. The number of rotatable bonds is 6. The number of thiocarbonyl (C=S) groups is 1. The number of hydrogen-bond donors (Lipinski definition) is 3. The Labute approximate surface area is 168 Å². The molecule has 1 aliphatic rings. The third-order valence-corrected chi connectivity index (χ3v) is 5.02. The van der Waals surface area contributed by atoms with E-state index in [9.17, 15) is 4.39 Å². The van der Waals surface area contributed by atoms with Crippen LogP contribution in [0.2, 0.25) is 5.02 Å². The van der Waals surface area contributed by atoms with Gasteiger partial charge in [0.1, 0.15) is 11.9 Å². The molecule has 144 valence electrons. The van der Waals surface area contributed by atoms with Crippen molar-refractivity contribution in [1.82, 2.24) is 10.6 Å². The molecule has 8 heteroatoms. The van der Waals surface area contributed by atoms with Crippen LogP contribution in [0.15, 0.2) is 36.4 Å². The van der Waals surface area contributed by atoms with Crippen LogP contribution < -0.4 is 25.0 Å². The van der Waals surface area contributed by atoms with Gasteiger partial charge in [-0.05, 0) is 42.0 Å². The third-order valence-electron chi connectivity index (χ3n) is 4.40. The van der Waals surface area contributed by atoms with Gasteiger partial charge < -0.3 is 25.0 Å². The Morgan fingerprint density at radius 2 is 2.00 bits per heavy atom. The first kappa shape index (κ1) is 19.7. The molecular formula is C19H22ClFN3O2S+. The molecule has 0 fully saturated rings. The SMILES string of the molecule is C[NH+](C)[C@@H](CNC(=S)NCc1ccc2c(c1)OCO2)c1c(F)cccc1Cl. The van der Waals surface area contributed by atoms with Crippen LogP contribution in [0.3, 0.4) is 0 Å². The number of hydrogen-bond acceptors (Lipinski definition) is 3. The fourth-order valence-electron chi connectivity index (χ4n) is 2.93. The maximum atomic E-state index is 14.3. The number of quaternary nitrogens is 1. The molecule has 0 radical (unpaired) electrons. The van der Waals surface area contributed by atoms with Crippen molar-refractivity contribution < 1.29 is 18.8 Å². The van der Waals surface area contributed by atoms with Gasteiger partial charge in [0, 0.05) is 6.54 Å². The highest BCUT2D eigenvalue weighted by Crippen LogP contribution is 2.32. The van der Waals surface area contributed by atoms with Crippen LogP contribution in [0.25, 0.3) is 0 Å². The van der Waals surface area contributed by atoms with Crippen molar-refractivity contribution in [3.05, 3.63) is 58.4 Å². The van der Waals surface area contributed by atoms with Gasteiger partial charge in [0.15, 0.2) is 16.6 Å². The van der Waals surface area contributed by atoms with Gasteiger partial charge in [-0.2, -0.15) is 0 Å². The van der Waals surface area contributed by atoms with Gasteiger partial charge in [0.05, 0.1) is 31.2 Å². The highest BCUT2D eigenvalue weighted by Gasteiger charge is 2.24. The molecule has 2 aromatic rings. The Morgan fingerprint density at radius 1 is 1.22 bits per heavy atom. The summed E-state index contributed by atoms with van der Waals surface area (Å²) in [4.78, 5) is 1.05. The molecule has 2 aromatic carbocycles. The Balaban J connectivity index is 1.57. The summed E-state index contributed by atoms with van der Waals surface area (Å²) >= 11 is 11.6. The number of fused-ring (bicyclic) bond motifs is 1. The van der Waals surface area contributed by atoms with Gasteiger partial charge in [0.2, 0.25) is 6.79 Å². The largest absolute Gasteiger partial charge is 0.454 e. The first-order valence-electron chi connectivity index (χ1n) is 8.60. The zero-order valence-electron chi connectivity index (χ0n) is 15.1. The lowest BCUT2D eigenvalue weighted by atomic mass is 10.1. The molecule has 0 unspecified atom stereocenters. The monoisotopic (exact) mass is 410 g/mol. The molecule has 0 spiro atoms. The molecule has 1 atom stereocenters. The minimum Gasteiger partial charge on any atom is -0.454 e. The van der Waals surface area contributed by atoms with Crippen molar-refractivity contribution >= 4 is 28.9 Å². The van der Waals surface area contributed by atoms with Crippen LogP contribution in [-0.4, -0.2) is 32.5 Å². The van der Waals surface area contributed by atoms with Gasteiger partial charge in [-0.15, -0.1) is 0 Å². The highest BCUT2D eigenvalue weighted by atomic mass is 35.5. The molecule has 0 aromatic heterocycles. The second-order valence-corrected chi connectivity index (χ2v) is 7.33. The van der Waals surface area contributed by atoms with E-state index in [1.54, 1.807) is 12.1 Å². The Kier molecular flexibility index (Phi) is 6.36. The lowest BCUT2D eigenvalue weighted by Crippen LogP contribution is -3.07. The number of benzene rings is 2. The van der Waals surface area contributed by atoms with Gasteiger partial charge in [-0.3, -0.25) is 0 Å². The number of ether oxygens (including phenoxy) is 2. The predicted molar refractivity (Wildman–Crippen MR) is 107 cm³/mol. The average molecular weight is 411 g/mol. The molecule has 3 rings (SSSR count). The summed E-state index contributed by atoms with van der Waals surface area (Å²) in [6, 6.07) is 10.3. The molecule has 0 saturated carbocycles. The number of halogens is 2. The van der Waals surface area contributed by atoms with E-state index in [-0.39, 0.29) is 18.7 Å². The quantitative estimate of drug-likeness (QED) is 0.636. The van der Waals surface area contributed by atoms with Crippen LogP contribution in [-0.2, 0) is 6.54 Å². The normalized spacial score (nSPS) is 13.5. The summed E-state index contributed by atoms with van der Waals surface area (Å²) in [5.74, 6) is 1.17. The molecule has 3 N–H and O–H groups in total. The molecular weight excluding hydrogens is 389 g/mol. The zero-order chi connectivity index (χ0) is 19.4. The molecule has 5 nitrogen and oxygen atoms in total. The predicted octanol–water partition coefficient (Wildman–Crippen LogP) is 2.06. The summed E-state index contributed by atoms with van der Waals surface area (Å²) < 4.78 is 24.9. The van der Waals surface area contributed by atoms with Crippen LogP contribution in [0, 0.1) is 5.82 Å². The maximum Gasteiger partial charge on any atom is 0.231 e. The molecule has 0 aliphatic carbocycles. The summed E-state index contributed by atoms with van der Waals surface area (Å²) in [5, 5.41) is 7.22. The Hall–Kier alpha value is -2.09. The van der Waals surface area contributed by atoms with Gasteiger partial charge >= 0.3 is 0 Å². The lowest BCUT2D eigenvalue weighted by Gasteiger charge is -2.24. The van der Waals surface area contributed by atoms with E-state index in [1.807, 2.05) is 32.3 Å². The Morgan fingerprint density at radius 3 is 2.74 bits per heavy atom. The van der Waals surface area contributed by atoms with Crippen LogP contribution in [0.4, 0.5) is 4.39 Å². The smallest absolute Gasteiger partial charge is 0.231 e. The topological polar surface area (TPSA) is 47.0 Å². The van der Waals surface area contributed by atoms with E-state index < -0.39 is 0 Å². The van der Waals surface area contributed by atoms with Crippen LogP contribution in [0.5, 0.6) is 11.5 Å². The van der Waals surface area contributed by atoms with Crippen LogP contribution >= 0.6 is 23.8 Å². The first-order chi connectivity index (χ1) is 13.0. The fourth-order valence-corrected chi connectivity index (χ4v) is 3.38. The lowest BCUT2D eigenvalue weighted by molar-refractivity contribution is -0.890. The molecule has 1 aliphatic heterocycles. The Bertz CT molecular complexity index is 814. The second kappa shape index (κ2) is 8.73. The van der Waals surface area contributed by atoms with Crippen molar-refractivity contribution in [3.63, 3.8) is 0 Å². The molecule has 27 heavy (non-hydrogen) atoms. The molecule has 1 heterocycles. The second-order valence-electron chi connectivity index (χ2n) is 6.52. The van der Waals surface area contributed by atoms with Gasteiger partial charge in [-0.25, -0.2) is 4.39 Å². The summed E-state index contributed by atoms with van der Waals surface area (Å²) in [6.07, 6.45) is 0. The van der Waals surface area contributed by atoms with Crippen molar-refractivity contribution in [2.24, 2.45) is 0 Å². The summed E-state index contributed by atoms with van der Waals surface area (Å²) in [5.41, 5.74) is 1.51. The highest BCUT2D eigenvalue weighted by molar-refractivity contribution is 7.80. The maximum absolute atomic E-state index is 14.3. The number of nitrogens with one attached hydrogen (secondary N) is 3.